The van der Waals surface area contributed by atoms with Gasteiger partial charge in [-0.1, -0.05) is 0 Å². The third-order valence-electron chi connectivity index (χ3n) is 1.91. The Morgan fingerprint density at radius 1 is 1.50 bits per heavy atom. The Kier molecular flexibility index (Phi) is 4.66. The summed E-state index contributed by atoms with van der Waals surface area (Å²) >= 11 is 1.41. The predicted octanol–water partition coefficient (Wildman–Crippen LogP) is 2.53. The molecule has 0 N–H and O–H groups in total. The molecule has 3 nitrogen and oxygen atoms in total. The predicted molar refractivity (Wildman–Crippen MR) is 66.3 cm³/mol. The van der Waals surface area contributed by atoms with Crippen molar-refractivity contribution in [3.05, 3.63) is 29.3 Å². The Hall–Kier alpha value is -0.700. The first-order chi connectivity index (χ1) is 7.42. The standard InChI is InChI=1S/C10H10ClNO2S2/c1-8-6-10(3-2-9(8)7-12)15-4-5-16(11,13)14/h2-3,6H,4-5H2,1H3. The van der Waals surface area contributed by atoms with Crippen molar-refractivity contribution < 1.29 is 8.42 Å². The second-order valence-electron chi connectivity index (χ2n) is 3.18. The minimum Gasteiger partial charge on any atom is -0.212 e. The van der Waals surface area contributed by atoms with Crippen LogP contribution < -0.4 is 0 Å². The quantitative estimate of drug-likeness (QED) is 0.626. The summed E-state index contributed by atoms with van der Waals surface area (Å²) in [6.07, 6.45) is 0. The van der Waals surface area contributed by atoms with E-state index in [2.05, 4.69) is 6.07 Å². The largest absolute Gasteiger partial charge is 0.233 e. The molecule has 0 saturated carbocycles. The van der Waals surface area contributed by atoms with Gasteiger partial charge in [-0.3, -0.25) is 0 Å². The van der Waals surface area contributed by atoms with E-state index in [0.717, 1.165) is 10.5 Å². The van der Waals surface area contributed by atoms with Crippen LogP contribution in [0.2, 0.25) is 0 Å². The highest BCUT2D eigenvalue weighted by Crippen LogP contribution is 2.21. The fraction of sp³-hybridized carbons (Fsp3) is 0.300. The Balaban J connectivity index is 2.63. The van der Waals surface area contributed by atoms with Gasteiger partial charge in [-0.15, -0.1) is 11.8 Å². The summed E-state index contributed by atoms with van der Waals surface area (Å²) in [4.78, 5) is 0.941. The highest BCUT2D eigenvalue weighted by atomic mass is 35.7. The lowest BCUT2D eigenvalue weighted by molar-refractivity contribution is 0.611. The van der Waals surface area contributed by atoms with Gasteiger partial charge in [0.2, 0.25) is 9.05 Å². The summed E-state index contributed by atoms with van der Waals surface area (Å²) < 4.78 is 21.4. The van der Waals surface area contributed by atoms with E-state index in [4.69, 9.17) is 15.9 Å². The first-order valence-corrected chi connectivity index (χ1v) is 7.94. The maximum absolute atomic E-state index is 10.7. The third kappa shape index (κ3) is 4.44. The van der Waals surface area contributed by atoms with E-state index in [0.29, 0.717) is 11.3 Å². The van der Waals surface area contributed by atoms with E-state index < -0.39 is 9.05 Å². The molecule has 1 aromatic carbocycles. The summed E-state index contributed by atoms with van der Waals surface area (Å²) in [7, 11) is 1.68. The van der Waals surface area contributed by atoms with Crippen LogP contribution in [-0.2, 0) is 9.05 Å². The molecule has 0 fully saturated rings. The maximum atomic E-state index is 10.7. The molecule has 6 heteroatoms. The van der Waals surface area contributed by atoms with E-state index in [9.17, 15) is 8.42 Å². The number of hydrogen-bond donors (Lipinski definition) is 0. The van der Waals surface area contributed by atoms with E-state index >= 15 is 0 Å². The molecule has 86 valence electrons. The van der Waals surface area contributed by atoms with Crippen LogP contribution >= 0.6 is 22.4 Å². The molecule has 0 amide bonds. The average Bonchev–Trinajstić information content (AvgIpc) is 2.16. The number of nitriles is 1. The lowest BCUT2D eigenvalue weighted by Gasteiger charge is -2.02. The number of halogens is 1. The Labute approximate surface area is 104 Å². The number of rotatable bonds is 4. The normalized spacial score (nSPS) is 11.1. The highest BCUT2D eigenvalue weighted by Gasteiger charge is 2.06. The van der Waals surface area contributed by atoms with Crippen molar-refractivity contribution in [2.45, 2.75) is 11.8 Å². The van der Waals surface area contributed by atoms with Crippen molar-refractivity contribution in [2.75, 3.05) is 11.5 Å². The van der Waals surface area contributed by atoms with Gasteiger partial charge in [-0.2, -0.15) is 5.26 Å². The summed E-state index contributed by atoms with van der Waals surface area (Å²) in [5.41, 5.74) is 1.52. The van der Waals surface area contributed by atoms with Crippen LogP contribution in [0.4, 0.5) is 0 Å². The fourth-order valence-electron chi connectivity index (χ4n) is 1.11. The minimum atomic E-state index is -3.42. The van der Waals surface area contributed by atoms with Gasteiger partial charge in [0.25, 0.3) is 0 Å². The van der Waals surface area contributed by atoms with Crippen LogP contribution in [0.3, 0.4) is 0 Å². The van der Waals surface area contributed by atoms with Crippen LogP contribution in [0.15, 0.2) is 23.1 Å². The van der Waals surface area contributed by atoms with E-state index in [-0.39, 0.29) is 5.75 Å². The average molecular weight is 276 g/mol. The molecular formula is C10H10ClNO2S2. The van der Waals surface area contributed by atoms with Crippen molar-refractivity contribution >= 4 is 31.5 Å². The topological polar surface area (TPSA) is 57.9 Å². The molecule has 0 aliphatic carbocycles. The first kappa shape index (κ1) is 13.4. The smallest absolute Gasteiger partial charge is 0.212 e. The van der Waals surface area contributed by atoms with Crippen LogP contribution in [0, 0.1) is 18.3 Å². The van der Waals surface area contributed by atoms with Crippen molar-refractivity contribution in [2.24, 2.45) is 0 Å². The molecule has 0 aliphatic heterocycles. The number of hydrogen-bond acceptors (Lipinski definition) is 4. The van der Waals surface area contributed by atoms with Crippen molar-refractivity contribution in [1.82, 2.24) is 0 Å². The molecule has 0 spiro atoms. The molecule has 1 rings (SSSR count). The summed E-state index contributed by atoms with van der Waals surface area (Å²) in [6, 6.07) is 7.47. The lowest BCUT2D eigenvalue weighted by Crippen LogP contribution is -1.99. The molecule has 0 saturated heterocycles. The van der Waals surface area contributed by atoms with Gasteiger partial charge in [-0.05, 0) is 30.7 Å². The zero-order valence-corrected chi connectivity index (χ0v) is 11.0. The molecule has 0 atom stereocenters. The number of aryl methyl sites for hydroxylation is 1. The van der Waals surface area contributed by atoms with E-state index in [1.54, 1.807) is 12.1 Å². The molecule has 0 radical (unpaired) electrons. The number of nitrogens with zero attached hydrogens (tertiary/aromatic N) is 1. The lowest BCUT2D eigenvalue weighted by atomic mass is 10.1. The number of thioether (sulfide) groups is 1. The van der Waals surface area contributed by atoms with Gasteiger partial charge in [0, 0.05) is 21.3 Å². The van der Waals surface area contributed by atoms with Gasteiger partial charge >= 0.3 is 0 Å². The van der Waals surface area contributed by atoms with Crippen LogP contribution in [-0.4, -0.2) is 19.9 Å². The summed E-state index contributed by atoms with van der Waals surface area (Å²) in [5.74, 6) is 0.357. The Bertz CT molecular complexity index is 520. The van der Waals surface area contributed by atoms with Crippen LogP contribution in [0.1, 0.15) is 11.1 Å². The second-order valence-corrected chi connectivity index (χ2v) is 7.24. The van der Waals surface area contributed by atoms with E-state index in [1.165, 1.54) is 11.8 Å². The summed E-state index contributed by atoms with van der Waals surface area (Å²) in [5, 5.41) is 8.74. The molecule has 0 aliphatic rings. The molecule has 1 aromatic rings. The SMILES string of the molecule is Cc1cc(SCCS(=O)(=O)Cl)ccc1C#N. The van der Waals surface area contributed by atoms with Crippen LogP contribution in [0.5, 0.6) is 0 Å². The number of benzene rings is 1. The Morgan fingerprint density at radius 2 is 2.19 bits per heavy atom. The van der Waals surface area contributed by atoms with Crippen molar-refractivity contribution in [1.29, 1.82) is 5.26 Å². The Morgan fingerprint density at radius 3 is 2.69 bits per heavy atom. The van der Waals surface area contributed by atoms with Crippen molar-refractivity contribution in [3.63, 3.8) is 0 Å². The zero-order valence-electron chi connectivity index (χ0n) is 8.60. The monoisotopic (exact) mass is 275 g/mol. The zero-order chi connectivity index (χ0) is 12.2. The first-order valence-electron chi connectivity index (χ1n) is 4.48. The van der Waals surface area contributed by atoms with Gasteiger partial charge in [0.1, 0.15) is 0 Å². The van der Waals surface area contributed by atoms with Crippen LogP contribution in [0.25, 0.3) is 0 Å². The molecule has 0 aromatic heterocycles. The van der Waals surface area contributed by atoms with Gasteiger partial charge in [0.15, 0.2) is 0 Å². The molecule has 0 heterocycles. The van der Waals surface area contributed by atoms with Gasteiger partial charge in [-0.25, -0.2) is 8.42 Å². The van der Waals surface area contributed by atoms with Crippen molar-refractivity contribution in [3.8, 4) is 6.07 Å². The highest BCUT2D eigenvalue weighted by molar-refractivity contribution is 8.14. The van der Waals surface area contributed by atoms with Gasteiger partial charge < -0.3 is 0 Å². The third-order valence-corrected chi connectivity index (χ3v) is 4.32. The fourth-order valence-corrected chi connectivity index (χ4v) is 3.47. The minimum absolute atomic E-state index is 0.0573. The second kappa shape index (κ2) is 5.58. The maximum Gasteiger partial charge on any atom is 0.233 e. The van der Waals surface area contributed by atoms with E-state index in [1.807, 2.05) is 13.0 Å². The molecule has 16 heavy (non-hydrogen) atoms. The van der Waals surface area contributed by atoms with Gasteiger partial charge in [0.05, 0.1) is 17.4 Å². The summed E-state index contributed by atoms with van der Waals surface area (Å²) in [6.45, 7) is 1.85. The molecule has 0 unspecified atom stereocenters. The molecule has 0 bridgehead atoms. The molecular weight excluding hydrogens is 266 g/mol.